The van der Waals surface area contributed by atoms with Crippen molar-refractivity contribution in [2.75, 3.05) is 26.2 Å². The molecule has 1 amide bonds. The molecule has 0 aromatic carbocycles. The summed E-state index contributed by atoms with van der Waals surface area (Å²) in [5.74, 6) is 0.0407. The number of piperazine rings is 1. The van der Waals surface area contributed by atoms with Crippen LogP contribution in [0.5, 0.6) is 0 Å². The maximum Gasteiger partial charge on any atom is 0.245 e. The van der Waals surface area contributed by atoms with Gasteiger partial charge in [-0.2, -0.15) is 0 Å². The molecule has 0 spiro atoms. The molecule has 3 N–H and O–H groups in total. The molecule has 1 fully saturated rings. The van der Waals surface area contributed by atoms with Gasteiger partial charge in [-0.25, -0.2) is 0 Å². The van der Waals surface area contributed by atoms with Gasteiger partial charge in [0, 0.05) is 31.1 Å². The molecule has 1 aliphatic heterocycles. The first kappa shape index (κ1) is 10.6. The molecule has 0 bridgehead atoms. The Kier molecular flexibility index (Phi) is 3.35. The van der Waals surface area contributed by atoms with Crippen molar-refractivity contribution >= 4 is 17.2 Å². The third kappa shape index (κ3) is 2.37. The van der Waals surface area contributed by atoms with Gasteiger partial charge in [-0.3, -0.25) is 4.79 Å². The third-order valence-corrected chi connectivity index (χ3v) is 3.50. The molecule has 1 aromatic heterocycles. The van der Waals surface area contributed by atoms with Crippen molar-refractivity contribution in [1.82, 2.24) is 10.2 Å². The van der Waals surface area contributed by atoms with Crippen LogP contribution in [0.15, 0.2) is 17.5 Å². The summed E-state index contributed by atoms with van der Waals surface area (Å²) in [6, 6.07) is 3.35. The molecule has 1 atom stereocenters. The fraction of sp³-hybridized carbons (Fsp3) is 0.500. The quantitative estimate of drug-likeness (QED) is 0.755. The molecule has 0 aliphatic carbocycles. The Bertz CT molecular complexity index is 319. The molecule has 1 saturated heterocycles. The molecule has 4 nitrogen and oxygen atoms in total. The Morgan fingerprint density at radius 3 is 2.87 bits per heavy atom. The monoisotopic (exact) mass is 225 g/mol. The van der Waals surface area contributed by atoms with Gasteiger partial charge in [0.25, 0.3) is 0 Å². The average Bonchev–Trinajstić information content (AvgIpc) is 2.82. The summed E-state index contributed by atoms with van der Waals surface area (Å²) in [5, 5.41) is 5.16. The normalized spacial score (nSPS) is 18.9. The minimum absolute atomic E-state index is 0.0407. The Morgan fingerprint density at radius 2 is 2.27 bits per heavy atom. The first-order valence-electron chi connectivity index (χ1n) is 5.07. The van der Waals surface area contributed by atoms with Crippen molar-refractivity contribution in [1.29, 1.82) is 0 Å². The lowest BCUT2D eigenvalue weighted by molar-refractivity contribution is -0.133. The maximum absolute atomic E-state index is 12.0. The van der Waals surface area contributed by atoms with Crippen molar-refractivity contribution in [2.45, 2.75) is 6.04 Å². The summed E-state index contributed by atoms with van der Waals surface area (Å²) >= 11 is 1.54. The molecule has 5 heteroatoms. The topological polar surface area (TPSA) is 58.4 Å². The highest BCUT2D eigenvalue weighted by molar-refractivity contribution is 7.10. The highest BCUT2D eigenvalue weighted by Gasteiger charge is 2.23. The second kappa shape index (κ2) is 4.74. The molecule has 2 heterocycles. The van der Waals surface area contributed by atoms with Gasteiger partial charge < -0.3 is 16.0 Å². The van der Waals surface area contributed by atoms with E-state index in [1.54, 1.807) is 0 Å². The molecule has 1 aromatic rings. The van der Waals surface area contributed by atoms with Crippen LogP contribution in [-0.2, 0) is 4.79 Å². The van der Waals surface area contributed by atoms with Crippen molar-refractivity contribution in [3.63, 3.8) is 0 Å². The Labute approximate surface area is 93.1 Å². The van der Waals surface area contributed by atoms with Crippen LogP contribution < -0.4 is 11.1 Å². The van der Waals surface area contributed by atoms with Crippen molar-refractivity contribution in [2.24, 2.45) is 5.73 Å². The number of hydrogen-bond donors (Lipinski definition) is 2. The summed E-state index contributed by atoms with van der Waals surface area (Å²) in [4.78, 5) is 14.8. The van der Waals surface area contributed by atoms with Gasteiger partial charge in [0.05, 0.1) is 0 Å². The van der Waals surface area contributed by atoms with Gasteiger partial charge in [-0.1, -0.05) is 6.07 Å². The zero-order valence-electron chi connectivity index (χ0n) is 8.48. The van der Waals surface area contributed by atoms with Gasteiger partial charge in [-0.05, 0) is 11.4 Å². The fourth-order valence-electron chi connectivity index (χ4n) is 1.67. The standard InChI is InChI=1S/C10H15N3OS/c11-9(8-2-1-7-15-8)10(14)13-5-3-12-4-6-13/h1-2,7,9,12H,3-6,11H2. The molecule has 2 rings (SSSR count). The molecule has 82 valence electrons. The number of rotatable bonds is 2. The van der Waals surface area contributed by atoms with Crippen molar-refractivity contribution < 1.29 is 4.79 Å². The van der Waals surface area contributed by atoms with E-state index < -0.39 is 6.04 Å². The van der Waals surface area contributed by atoms with Crippen molar-refractivity contribution in [3.05, 3.63) is 22.4 Å². The number of carbonyl (C=O) groups excluding carboxylic acids is 1. The number of carbonyl (C=O) groups is 1. The summed E-state index contributed by atoms with van der Waals surface area (Å²) in [6.45, 7) is 3.25. The number of nitrogens with zero attached hydrogens (tertiary/aromatic N) is 1. The molecular weight excluding hydrogens is 210 g/mol. The van der Waals surface area contributed by atoms with E-state index >= 15 is 0 Å². The van der Waals surface area contributed by atoms with E-state index in [2.05, 4.69) is 5.32 Å². The Balaban J connectivity index is 2.00. The number of amides is 1. The highest BCUT2D eigenvalue weighted by atomic mass is 32.1. The van der Waals surface area contributed by atoms with E-state index in [-0.39, 0.29) is 5.91 Å². The molecule has 1 aliphatic rings. The second-order valence-electron chi connectivity index (χ2n) is 3.57. The number of hydrogen-bond acceptors (Lipinski definition) is 4. The van der Waals surface area contributed by atoms with Crippen LogP contribution in [0.3, 0.4) is 0 Å². The van der Waals surface area contributed by atoms with E-state index in [4.69, 9.17) is 5.73 Å². The van der Waals surface area contributed by atoms with Crippen LogP contribution >= 0.6 is 11.3 Å². The smallest absolute Gasteiger partial charge is 0.245 e. The van der Waals surface area contributed by atoms with E-state index in [1.165, 1.54) is 11.3 Å². The van der Waals surface area contributed by atoms with Crippen LogP contribution in [0.1, 0.15) is 10.9 Å². The maximum atomic E-state index is 12.0. The highest BCUT2D eigenvalue weighted by Crippen LogP contribution is 2.18. The SMILES string of the molecule is NC(C(=O)N1CCNCC1)c1cccs1. The summed E-state index contributed by atoms with van der Waals surface area (Å²) in [6.07, 6.45) is 0. The first-order valence-corrected chi connectivity index (χ1v) is 5.95. The average molecular weight is 225 g/mol. The van der Waals surface area contributed by atoms with Crippen molar-refractivity contribution in [3.8, 4) is 0 Å². The van der Waals surface area contributed by atoms with Crippen LogP contribution in [0.2, 0.25) is 0 Å². The fourth-order valence-corrected chi connectivity index (χ4v) is 2.39. The first-order chi connectivity index (χ1) is 7.29. The summed E-state index contributed by atoms with van der Waals surface area (Å²) in [7, 11) is 0. The molecule has 0 saturated carbocycles. The van der Waals surface area contributed by atoms with Gasteiger partial charge in [0.2, 0.25) is 5.91 Å². The lowest BCUT2D eigenvalue weighted by Crippen LogP contribution is -2.49. The van der Waals surface area contributed by atoms with Crippen LogP contribution in [0, 0.1) is 0 Å². The predicted molar refractivity (Wildman–Crippen MR) is 60.7 cm³/mol. The van der Waals surface area contributed by atoms with E-state index in [9.17, 15) is 4.79 Å². The number of nitrogens with two attached hydrogens (primary N) is 1. The zero-order chi connectivity index (χ0) is 10.7. The minimum atomic E-state index is -0.483. The number of nitrogens with one attached hydrogen (secondary N) is 1. The predicted octanol–water partition coefficient (Wildman–Crippen LogP) is 0.180. The van der Waals surface area contributed by atoms with Gasteiger partial charge in [0.1, 0.15) is 6.04 Å². The van der Waals surface area contributed by atoms with Crippen LogP contribution in [0.4, 0.5) is 0 Å². The molecular formula is C10H15N3OS. The summed E-state index contributed by atoms with van der Waals surface area (Å²) in [5.41, 5.74) is 5.91. The van der Waals surface area contributed by atoms with Gasteiger partial charge >= 0.3 is 0 Å². The van der Waals surface area contributed by atoms with Gasteiger partial charge in [-0.15, -0.1) is 11.3 Å². The van der Waals surface area contributed by atoms with E-state index in [0.717, 1.165) is 31.1 Å². The van der Waals surface area contributed by atoms with E-state index in [1.807, 2.05) is 22.4 Å². The van der Waals surface area contributed by atoms with Crippen LogP contribution in [0.25, 0.3) is 0 Å². The number of thiophene rings is 1. The lowest BCUT2D eigenvalue weighted by Gasteiger charge is -2.29. The molecule has 1 unspecified atom stereocenters. The van der Waals surface area contributed by atoms with Gasteiger partial charge in [0.15, 0.2) is 0 Å². The summed E-state index contributed by atoms with van der Waals surface area (Å²) < 4.78 is 0. The molecule has 15 heavy (non-hydrogen) atoms. The Morgan fingerprint density at radius 1 is 1.53 bits per heavy atom. The minimum Gasteiger partial charge on any atom is -0.338 e. The third-order valence-electron chi connectivity index (χ3n) is 2.54. The largest absolute Gasteiger partial charge is 0.338 e. The zero-order valence-corrected chi connectivity index (χ0v) is 9.30. The van der Waals surface area contributed by atoms with Crippen LogP contribution in [-0.4, -0.2) is 37.0 Å². The Hall–Kier alpha value is -0.910. The second-order valence-corrected chi connectivity index (χ2v) is 4.55. The molecule has 0 radical (unpaired) electrons. The lowest BCUT2D eigenvalue weighted by atomic mass is 10.2. The van der Waals surface area contributed by atoms with E-state index in [0.29, 0.717) is 0 Å².